The zero-order chi connectivity index (χ0) is 12.5. The Morgan fingerprint density at radius 1 is 1.50 bits per heavy atom. The number of aromatic nitrogens is 2. The van der Waals surface area contributed by atoms with E-state index in [1.165, 1.54) is 0 Å². The molecule has 0 bridgehead atoms. The van der Waals surface area contributed by atoms with Gasteiger partial charge in [0.15, 0.2) is 0 Å². The van der Waals surface area contributed by atoms with Crippen LogP contribution in [0.3, 0.4) is 0 Å². The van der Waals surface area contributed by atoms with Crippen LogP contribution in [0.1, 0.15) is 12.0 Å². The molecule has 94 valence electrons. The van der Waals surface area contributed by atoms with Crippen LogP contribution in [0.25, 0.3) is 10.9 Å². The summed E-state index contributed by atoms with van der Waals surface area (Å²) in [6, 6.07) is 5.80. The zero-order valence-corrected chi connectivity index (χ0v) is 10.5. The molecule has 4 nitrogen and oxygen atoms in total. The van der Waals surface area contributed by atoms with E-state index in [2.05, 4.69) is 10.3 Å². The van der Waals surface area contributed by atoms with Gasteiger partial charge in [-0.2, -0.15) is 0 Å². The van der Waals surface area contributed by atoms with Crippen LogP contribution >= 0.6 is 0 Å². The van der Waals surface area contributed by atoms with Gasteiger partial charge < -0.3 is 5.32 Å². The minimum Gasteiger partial charge on any atom is -0.316 e. The molecule has 0 amide bonds. The summed E-state index contributed by atoms with van der Waals surface area (Å²) >= 11 is 0. The summed E-state index contributed by atoms with van der Waals surface area (Å²) in [6.07, 6.45) is 2.82. The average Bonchev–Trinajstić information content (AvgIpc) is 2.85. The van der Waals surface area contributed by atoms with Crippen molar-refractivity contribution in [3.8, 4) is 0 Å². The van der Waals surface area contributed by atoms with Crippen LogP contribution in [0.2, 0.25) is 0 Å². The average molecular weight is 243 g/mol. The number of hydrogen-bond acceptors (Lipinski definition) is 3. The van der Waals surface area contributed by atoms with Crippen LogP contribution in [0.4, 0.5) is 0 Å². The van der Waals surface area contributed by atoms with E-state index in [0.717, 1.165) is 37.1 Å². The highest BCUT2D eigenvalue weighted by atomic mass is 16.1. The van der Waals surface area contributed by atoms with Gasteiger partial charge in [0.05, 0.1) is 17.2 Å². The molecule has 0 radical (unpaired) electrons. The predicted octanol–water partition coefficient (Wildman–Crippen LogP) is 1.31. The summed E-state index contributed by atoms with van der Waals surface area (Å²) in [5.41, 5.74) is 2.00. The fourth-order valence-corrected chi connectivity index (χ4v) is 2.55. The Hall–Kier alpha value is -1.68. The largest absolute Gasteiger partial charge is 0.316 e. The molecular weight excluding hydrogens is 226 g/mol. The lowest BCUT2D eigenvalue weighted by molar-refractivity contribution is 0.470. The third-order valence-corrected chi connectivity index (χ3v) is 3.60. The topological polar surface area (TPSA) is 46.9 Å². The molecule has 0 aliphatic carbocycles. The first-order valence-electron chi connectivity index (χ1n) is 6.40. The molecule has 0 spiro atoms. The number of nitrogens with one attached hydrogen (secondary N) is 1. The fraction of sp³-hybridized carbons (Fsp3) is 0.429. The summed E-state index contributed by atoms with van der Waals surface area (Å²) in [4.78, 5) is 16.7. The van der Waals surface area contributed by atoms with Crippen molar-refractivity contribution in [2.24, 2.45) is 5.92 Å². The van der Waals surface area contributed by atoms with Crippen molar-refractivity contribution in [1.29, 1.82) is 0 Å². The first kappa shape index (κ1) is 11.4. The second-order valence-corrected chi connectivity index (χ2v) is 5.08. The highest BCUT2D eigenvalue weighted by Crippen LogP contribution is 2.12. The number of aryl methyl sites for hydroxylation is 1. The van der Waals surface area contributed by atoms with Crippen molar-refractivity contribution < 1.29 is 0 Å². The molecule has 1 aromatic heterocycles. The Kier molecular flexibility index (Phi) is 2.88. The molecule has 1 N–H and O–H groups in total. The third-order valence-electron chi connectivity index (χ3n) is 3.60. The van der Waals surface area contributed by atoms with E-state index >= 15 is 0 Å². The van der Waals surface area contributed by atoms with Crippen LogP contribution < -0.4 is 10.9 Å². The van der Waals surface area contributed by atoms with Gasteiger partial charge in [-0.05, 0) is 50.0 Å². The van der Waals surface area contributed by atoms with Gasteiger partial charge in [0.25, 0.3) is 5.56 Å². The van der Waals surface area contributed by atoms with Crippen molar-refractivity contribution >= 4 is 10.9 Å². The van der Waals surface area contributed by atoms with E-state index < -0.39 is 0 Å². The fourth-order valence-electron chi connectivity index (χ4n) is 2.55. The van der Waals surface area contributed by atoms with E-state index in [0.29, 0.717) is 11.3 Å². The lowest BCUT2D eigenvalue weighted by Gasteiger charge is -2.11. The van der Waals surface area contributed by atoms with Crippen LogP contribution in [-0.2, 0) is 6.54 Å². The van der Waals surface area contributed by atoms with Crippen molar-refractivity contribution in [2.75, 3.05) is 13.1 Å². The summed E-state index contributed by atoms with van der Waals surface area (Å²) < 4.78 is 1.75. The molecule has 4 heteroatoms. The first-order valence-corrected chi connectivity index (χ1v) is 6.40. The molecular formula is C14H17N3O. The van der Waals surface area contributed by atoms with E-state index in [9.17, 15) is 4.79 Å². The van der Waals surface area contributed by atoms with Gasteiger partial charge in [-0.25, -0.2) is 4.98 Å². The first-order chi connectivity index (χ1) is 8.74. The quantitative estimate of drug-likeness (QED) is 0.865. The summed E-state index contributed by atoms with van der Waals surface area (Å²) in [5, 5.41) is 4.04. The molecule has 1 aliphatic rings. The third kappa shape index (κ3) is 2.04. The maximum atomic E-state index is 12.3. The van der Waals surface area contributed by atoms with Gasteiger partial charge in [-0.3, -0.25) is 9.36 Å². The molecule has 1 aliphatic heterocycles. The summed E-state index contributed by atoms with van der Waals surface area (Å²) in [6.45, 7) is 4.83. The van der Waals surface area contributed by atoms with Gasteiger partial charge in [0.1, 0.15) is 0 Å². The molecule has 1 saturated heterocycles. The number of hydrogen-bond donors (Lipinski definition) is 1. The molecule has 1 atom stereocenters. The van der Waals surface area contributed by atoms with Gasteiger partial charge in [0, 0.05) is 6.54 Å². The van der Waals surface area contributed by atoms with E-state index in [-0.39, 0.29) is 5.56 Å². The Labute approximate surface area is 106 Å². The number of benzene rings is 1. The maximum absolute atomic E-state index is 12.3. The molecule has 1 fully saturated rings. The number of rotatable bonds is 2. The monoisotopic (exact) mass is 243 g/mol. The zero-order valence-electron chi connectivity index (χ0n) is 10.5. The van der Waals surface area contributed by atoms with Crippen molar-refractivity contribution in [2.45, 2.75) is 19.9 Å². The van der Waals surface area contributed by atoms with Gasteiger partial charge in [0.2, 0.25) is 0 Å². The molecule has 3 rings (SSSR count). The number of fused-ring (bicyclic) bond motifs is 1. The van der Waals surface area contributed by atoms with Crippen molar-refractivity contribution in [1.82, 2.24) is 14.9 Å². The highest BCUT2D eigenvalue weighted by Gasteiger charge is 2.16. The van der Waals surface area contributed by atoms with Crippen LogP contribution in [0.5, 0.6) is 0 Å². The second-order valence-electron chi connectivity index (χ2n) is 5.08. The second kappa shape index (κ2) is 4.53. The predicted molar refractivity (Wildman–Crippen MR) is 71.7 cm³/mol. The van der Waals surface area contributed by atoms with E-state index in [4.69, 9.17) is 0 Å². The lowest BCUT2D eigenvalue weighted by Crippen LogP contribution is -2.25. The lowest BCUT2D eigenvalue weighted by atomic mass is 10.1. The highest BCUT2D eigenvalue weighted by molar-refractivity contribution is 5.77. The van der Waals surface area contributed by atoms with Crippen LogP contribution in [0.15, 0.2) is 29.3 Å². The Morgan fingerprint density at radius 2 is 2.39 bits per heavy atom. The molecule has 18 heavy (non-hydrogen) atoms. The summed E-state index contributed by atoms with van der Waals surface area (Å²) in [7, 11) is 0. The summed E-state index contributed by atoms with van der Waals surface area (Å²) in [5.74, 6) is 0.549. The van der Waals surface area contributed by atoms with Crippen molar-refractivity contribution in [3.63, 3.8) is 0 Å². The standard InChI is InChI=1S/C14H17N3O/c1-10-2-3-12-13(6-10)16-9-17(14(12)18)8-11-4-5-15-7-11/h2-3,6,9,11,15H,4-5,7-8H2,1H3. The smallest absolute Gasteiger partial charge is 0.261 e. The Morgan fingerprint density at radius 3 is 3.17 bits per heavy atom. The van der Waals surface area contributed by atoms with E-state index in [1.807, 2.05) is 25.1 Å². The number of nitrogens with zero attached hydrogens (tertiary/aromatic N) is 2. The molecule has 2 aromatic rings. The van der Waals surface area contributed by atoms with Crippen molar-refractivity contribution in [3.05, 3.63) is 40.4 Å². The van der Waals surface area contributed by atoms with Gasteiger partial charge >= 0.3 is 0 Å². The van der Waals surface area contributed by atoms with Crippen LogP contribution in [-0.4, -0.2) is 22.6 Å². The molecule has 0 saturated carbocycles. The Balaban J connectivity index is 2.00. The van der Waals surface area contributed by atoms with Gasteiger partial charge in [-0.15, -0.1) is 0 Å². The normalized spacial score (nSPS) is 19.5. The van der Waals surface area contributed by atoms with Crippen LogP contribution in [0, 0.1) is 12.8 Å². The SMILES string of the molecule is Cc1ccc2c(=O)n(CC3CCNC3)cnc2c1. The molecule has 2 heterocycles. The van der Waals surface area contributed by atoms with E-state index in [1.54, 1.807) is 10.9 Å². The minimum absolute atomic E-state index is 0.0758. The van der Waals surface area contributed by atoms with Gasteiger partial charge in [-0.1, -0.05) is 6.07 Å². The minimum atomic E-state index is 0.0758. The Bertz CT molecular complexity index is 626. The molecule has 1 unspecified atom stereocenters. The molecule has 1 aromatic carbocycles. The maximum Gasteiger partial charge on any atom is 0.261 e.